The molecule has 1 aliphatic heterocycles. The monoisotopic (exact) mass is 363 g/mol. The Morgan fingerprint density at radius 3 is 2.52 bits per heavy atom. The minimum atomic E-state index is -0.962. The van der Waals surface area contributed by atoms with Gasteiger partial charge < -0.3 is 14.2 Å². The number of carbonyl (C=O) groups is 1. The Bertz CT molecular complexity index is 749. The van der Waals surface area contributed by atoms with E-state index in [1.807, 2.05) is 13.8 Å². The van der Waals surface area contributed by atoms with Crippen LogP contribution in [0.3, 0.4) is 0 Å². The molecule has 7 heteroatoms. The number of nitrogens with zero attached hydrogens (tertiary/aromatic N) is 3. The van der Waals surface area contributed by atoms with E-state index in [0.29, 0.717) is 35.6 Å². The molecule has 0 atom stereocenters. The molecule has 0 unspecified atom stereocenters. The molecule has 1 amide bonds. The Hall–Kier alpha value is -2.08. The minimum Gasteiger partial charge on any atom is -0.478 e. The summed E-state index contributed by atoms with van der Waals surface area (Å²) < 4.78 is 11.2. The lowest BCUT2D eigenvalue weighted by Gasteiger charge is -2.41. The van der Waals surface area contributed by atoms with E-state index in [1.54, 1.807) is 43.0 Å². The molecule has 1 fully saturated rings. The van der Waals surface area contributed by atoms with Crippen LogP contribution in [0, 0.1) is 0 Å². The second-order valence-electron chi connectivity index (χ2n) is 7.12. The summed E-state index contributed by atoms with van der Waals surface area (Å²) in [5.41, 5.74) is -0.962. The van der Waals surface area contributed by atoms with E-state index in [2.05, 4.69) is 10.1 Å². The third kappa shape index (κ3) is 3.79. The molecular weight excluding hydrogens is 342 g/mol. The number of ether oxygens (including phenoxy) is 1. The fourth-order valence-corrected chi connectivity index (χ4v) is 2.80. The predicted octanol–water partition coefficient (Wildman–Crippen LogP) is 3.63. The highest BCUT2D eigenvalue weighted by Gasteiger charge is 2.42. The lowest BCUT2D eigenvalue weighted by atomic mass is 9.96. The van der Waals surface area contributed by atoms with Crippen LogP contribution in [0.4, 0.5) is 0 Å². The average molecular weight is 364 g/mol. The third-order valence-electron chi connectivity index (χ3n) is 4.19. The number of hydrogen-bond donors (Lipinski definition) is 0. The van der Waals surface area contributed by atoms with E-state index in [0.717, 1.165) is 0 Å². The van der Waals surface area contributed by atoms with Gasteiger partial charge in [0.1, 0.15) is 5.75 Å². The number of aromatic nitrogens is 2. The fourth-order valence-electron chi connectivity index (χ4n) is 2.67. The Morgan fingerprint density at radius 1 is 1.32 bits per heavy atom. The maximum absolute atomic E-state index is 12.7. The molecule has 3 rings (SSSR count). The summed E-state index contributed by atoms with van der Waals surface area (Å²) >= 11 is 5.87. The van der Waals surface area contributed by atoms with Crippen LogP contribution in [-0.4, -0.2) is 39.6 Å². The molecule has 1 aliphatic rings. The number of rotatable bonds is 5. The predicted molar refractivity (Wildman–Crippen MR) is 93.9 cm³/mol. The summed E-state index contributed by atoms with van der Waals surface area (Å²) in [6.07, 6.45) is 0. The van der Waals surface area contributed by atoms with Gasteiger partial charge in [0, 0.05) is 24.0 Å². The van der Waals surface area contributed by atoms with Gasteiger partial charge in [0.25, 0.3) is 5.91 Å². The smallest absolute Gasteiger partial charge is 0.266 e. The number of hydrogen-bond acceptors (Lipinski definition) is 5. The highest BCUT2D eigenvalue weighted by molar-refractivity contribution is 6.30. The van der Waals surface area contributed by atoms with Crippen molar-refractivity contribution in [1.29, 1.82) is 0 Å². The van der Waals surface area contributed by atoms with Gasteiger partial charge in [-0.3, -0.25) is 4.79 Å². The van der Waals surface area contributed by atoms with E-state index >= 15 is 0 Å². The van der Waals surface area contributed by atoms with Gasteiger partial charge in [-0.05, 0) is 38.1 Å². The van der Waals surface area contributed by atoms with Gasteiger partial charge >= 0.3 is 0 Å². The molecule has 2 aromatic rings. The standard InChI is InChI=1S/C18H22ClN3O3/c1-11(2)15-20-16(25-21-15)12-9-22(10-12)17(23)18(3,4)24-14-7-5-13(19)6-8-14/h5-8,11-12H,9-10H2,1-4H3. The molecular formula is C18H22ClN3O3. The quantitative estimate of drug-likeness (QED) is 0.811. The van der Waals surface area contributed by atoms with Crippen molar-refractivity contribution in [3.05, 3.63) is 41.0 Å². The van der Waals surface area contributed by atoms with Crippen LogP contribution >= 0.6 is 11.6 Å². The first-order chi connectivity index (χ1) is 11.8. The first-order valence-corrected chi connectivity index (χ1v) is 8.71. The molecule has 134 valence electrons. The number of halogens is 1. The normalized spacial score (nSPS) is 15.4. The summed E-state index contributed by atoms with van der Waals surface area (Å²) in [7, 11) is 0. The molecule has 1 aromatic heterocycles. The molecule has 0 radical (unpaired) electrons. The highest BCUT2D eigenvalue weighted by Crippen LogP contribution is 2.30. The van der Waals surface area contributed by atoms with Gasteiger partial charge in [-0.25, -0.2) is 0 Å². The lowest BCUT2D eigenvalue weighted by molar-refractivity contribution is -0.150. The summed E-state index contributed by atoms with van der Waals surface area (Å²) in [4.78, 5) is 18.9. The lowest BCUT2D eigenvalue weighted by Crippen LogP contribution is -2.57. The van der Waals surface area contributed by atoms with Crippen LogP contribution in [0.2, 0.25) is 5.02 Å². The zero-order valence-corrected chi connectivity index (χ0v) is 15.6. The molecule has 6 nitrogen and oxygen atoms in total. The largest absolute Gasteiger partial charge is 0.478 e. The van der Waals surface area contributed by atoms with Crippen LogP contribution < -0.4 is 4.74 Å². The fraction of sp³-hybridized carbons (Fsp3) is 0.500. The minimum absolute atomic E-state index is 0.0673. The topological polar surface area (TPSA) is 68.5 Å². The van der Waals surface area contributed by atoms with Crippen molar-refractivity contribution in [3.63, 3.8) is 0 Å². The zero-order valence-electron chi connectivity index (χ0n) is 14.8. The summed E-state index contributed by atoms with van der Waals surface area (Å²) in [6, 6.07) is 6.97. The Morgan fingerprint density at radius 2 is 1.96 bits per heavy atom. The van der Waals surface area contributed by atoms with Crippen molar-refractivity contribution in [2.45, 2.75) is 45.1 Å². The average Bonchev–Trinajstić information content (AvgIpc) is 2.97. The van der Waals surface area contributed by atoms with Crippen molar-refractivity contribution < 1.29 is 14.1 Å². The summed E-state index contributed by atoms with van der Waals surface area (Å²) in [6.45, 7) is 8.68. The van der Waals surface area contributed by atoms with Gasteiger partial charge in [0.05, 0.1) is 5.92 Å². The van der Waals surface area contributed by atoms with Gasteiger partial charge in [-0.1, -0.05) is 30.6 Å². The molecule has 0 N–H and O–H groups in total. The van der Waals surface area contributed by atoms with E-state index in [4.69, 9.17) is 20.9 Å². The van der Waals surface area contributed by atoms with Gasteiger partial charge in [-0.2, -0.15) is 4.98 Å². The number of likely N-dealkylation sites (tertiary alicyclic amines) is 1. The molecule has 0 saturated carbocycles. The Balaban J connectivity index is 1.59. The molecule has 1 aromatic carbocycles. The van der Waals surface area contributed by atoms with E-state index in [9.17, 15) is 4.79 Å². The number of amides is 1. The zero-order chi connectivity index (χ0) is 18.2. The maximum atomic E-state index is 12.7. The van der Waals surface area contributed by atoms with Crippen molar-refractivity contribution in [2.24, 2.45) is 0 Å². The van der Waals surface area contributed by atoms with E-state index in [-0.39, 0.29) is 17.7 Å². The number of benzene rings is 1. The van der Waals surface area contributed by atoms with E-state index in [1.165, 1.54) is 0 Å². The molecule has 1 saturated heterocycles. The molecule has 0 spiro atoms. The van der Waals surface area contributed by atoms with Crippen LogP contribution in [0.1, 0.15) is 51.2 Å². The van der Waals surface area contributed by atoms with Crippen LogP contribution in [0.25, 0.3) is 0 Å². The Kier molecular flexibility index (Phi) is 4.73. The van der Waals surface area contributed by atoms with Crippen LogP contribution in [0.5, 0.6) is 5.75 Å². The van der Waals surface area contributed by atoms with Crippen LogP contribution in [0.15, 0.2) is 28.8 Å². The van der Waals surface area contributed by atoms with Crippen molar-refractivity contribution >= 4 is 17.5 Å². The van der Waals surface area contributed by atoms with Gasteiger partial charge in [-0.15, -0.1) is 0 Å². The second-order valence-corrected chi connectivity index (χ2v) is 7.56. The van der Waals surface area contributed by atoms with Crippen molar-refractivity contribution in [1.82, 2.24) is 15.0 Å². The van der Waals surface area contributed by atoms with Gasteiger partial charge in [0.15, 0.2) is 11.4 Å². The first-order valence-electron chi connectivity index (χ1n) is 8.33. The summed E-state index contributed by atoms with van der Waals surface area (Å²) in [5, 5.41) is 4.60. The maximum Gasteiger partial charge on any atom is 0.266 e. The Labute approximate surface area is 152 Å². The molecule has 25 heavy (non-hydrogen) atoms. The second kappa shape index (κ2) is 6.67. The highest BCUT2D eigenvalue weighted by atomic mass is 35.5. The van der Waals surface area contributed by atoms with E-state index < -0.39 is 5.60 Å². The van der Waals surface area contributed by atoms with Crippen LogP contribution in [-0.2, 0) is 4.79 Å². The number of carbonyl (C=O) groups excluding carboxylic acids is 1. The summed E-state index contributed by atoms with van der Waals surface area (Å²) in [5.74, 6) is 2.16. The van der Waals surface area contributed by atoms with Crippen molar-refractivity contribution in [2.75, 3.05) is 13.1 Å². The SMILES string of the molecule is CC(C)c1noc(C2CN(C(=O)C(C)(C)Oc3ccc(Cl)cc3)C2)n1. The molecule has 2 heterocycles. The first kappa shape index (κ1) is 17.7. The molecule has 0 bridgehead atoms. The van der Waals surface area contributed by atoms with Gasteiger partial charge in [0.2, 0.25) is 5.89 Å². The van der Waals surface area contributed by atoms with Crippen molar-refractivity contribution in [3.8, 4) is 5.75 Å². The molecule has 0 aliphatic carbocycles. The third-order valence-corrected chi connectivity index (χ3v) is 4.45.